The van der Waals surface area contributed by atoms with Crippen molar-refractivity contribution < 1.29 is 4.74 Å². The average molecular weight is 241 g/mol. The van der Waals surface area contributed by atoms with Crippen molar-refractivity contribution in [3.63, 3.8) is 0 Å². The first kappa shape index (κ1) is 12.3. The third kappa shape index (κ3) is 3.70. The van der Waals surface area contributed by atoms with E-state index in [1.54, 1.807) is 0 Å². The maximum absolute atomic E-state index is 5.57. The molecule has 92 valence electrons. The Hall–Kier alpha value is -0.150. The summed E-state index contributed by atoms with van der Waals surface area (Å²) in [4.78, 5) is 0. The van der Waals surface area contributed by atoms with Crippen molar-refractivity contribution in [3.8, 4) is 0 Å². The quantitative estimate of drug-likeness (QED) is 0.817. The van der Waals surface area contributed by atoms with Gasteiger partial charge in [-0.2, -0.15) is 11.8 Å². The van der Waals surface area contributed by atoms with Gasteiger partial charge in [-0.3, -0.25) is 0 Å². The van der Waals surface area contributed by atoms with E-state index in [1.165, 1.54) is 38.5 Å². The van der Waals surface area contributed by atoms with Crippen molar-refractivity contribution in [1.82, 2.24) is 5.32 Å². The van der Waals surface area contributed by atoms with Crippen LogP contribution in [0.2, 0.25) is 0 Å². The number of rotatable bonds is 4. The molecule has 0 spiro atoms. The highest BCUT2D eigenvalue weighted by Gasteiger charge is 2.22. The van der Waals surface area contributed by atoms with Crippen LogP contribution in [0.15, 0.2) is 12.3 Å². The molecule has 1 heterocycles. The molecule has 2 rings (SSSR count). The zero-order valence-corrected chi connectivity index (χ0v) is 11.0. The number of hydrogen-bond donors (Lipinski definition) is 1. The summed E-state index contributed by atoms with van der Waals surface area (Å²) < 4.78 is 5.57. The number of ether oxygens (including phenoxy) is 1. The van der Waals surface area contributed by atoms with Gasteiger partial charge in [-0.05, 0) is 44.4 Å². The van der Waals surface area contributed by atoms with Crippen molar-refractivity contribution in [2.75, 3.05) is 12.8 Å². The highest BCUT2D eigenvalue weighted by atomic mass is 32.2. The summed E-state index contributed by atoms with van der Waals surface area (Å²) in [5, 5.41) is 4.56. The van der Waals surface area contributed by atoms with Crippen molar-refractivity contribution in [2.24, 2.45) is 0 Å². The van der Waals surface area contributed by atoms with Crippen LogP contribution in [0.5, 0.6) is 0 Å². The van der Waals surface area contributed by atoms with Crippen LogP contribution in [0.3, 0.4) is 0 Å². The molecule has 1 aliphatic carbocycles. The van der Waals surface area contributed by atoms with Crippen LogP contribution in [0.1, 0.15) is 38.5 Å². The van der Waals surface area contributed by atoms with Gasteiger partial charge in [0.1, 0.15) is 6.10 Å². The van der Waals surface area contributed by atoms with Crippen LogP contribution in [0, 0.1) is 0 Å². The van der Waals surface area contributed by atoms with E-state index < -0.39 is 0 Å². The fraction of sp³-hybridized carbons (Fsp3) is 0.846. The zero-order valence-electron chi connectivity index (χ0n) is 10.2. The number of nitrogens with one attached hydrogen (secondary N) is 1. The van der Waals surface area contributed by atoms with E-state index in [0.717, 1.165) is 17.8 Å². The van der Waals surface area contributed by atoms with Gasteiger partial charge >= 0.3 is 0 Å². The molecule has 0 radical (unpaired) electrons. The molecule has 3 atom stereocenters. The minimum atomic E-state index is 0.402. The van der Waals surface area contributed by atoms with Crippen molar-refractivity contribution >= 4 is 11.8 Å². The number of hydrogen-bond acceptors (Lipinski definition) is 3. The molecule has 2 nitrogen and oxygen atoms in total. The van der Waals surface area contributed by atoms with Gasteiger partial charge in [-0.25, -0.2) is 0 Å². The Balaban J connectivity index is 1.66. The van der Waals surface area contributed by atoms with E-state index in [2.05, 4.69) is 17.6 Å². The van der Waals surface area contributed by atoms with Gasteiger partial charge in [0.05, 0.1) is 6.26 Å². The lowest BCUT2D eigenvalue weighted by Gasteiger charge is -2.30. The van der Waals surface area contributed by atoms with E-state index in [0.29, 0.717) is 6.10 Å². The fourth-order valence-electron chi connectivity index (χ4n) is 2.58. The Bertz CT molecular complexity index is 232. The molecule has 3 heteroatoms. The fourth-order valence-corrected chi connectivity index (χ4v) is 3.40. The molecule has 3 unspecified atom stereocenters. The molecule has 1 saturated carbocycles. The summed E-state index contributed by atoms with van der Waals surface area (Å²) in [6.45, 7) is 1.02. The summed E-state index contributed by atoms with van der Waals surface area (Å²) in [6, 6.07) is 0.723. The highest BCUT2D eigenvalue weighted by Crippen LogP contribution is 2.27. The molecule has 0 amide bonds. The molecule has 16 heavy (non-hydrogen) atoms. The van der Waals surface area contributed by atoms with Gasteiger partial charge in [-0.15, -0.1) is 0 Å². The lowest BCUT2D eigenvalue weighted by Crippen LogP contribution is -2.40. The molecule has 0 saturated heterocycles. The largest absolute Gasteiger partial charge is 0.497 e. The second kappa shape index (κ2) is 6.55. The molecule has 0 aromatic heterocycles. The van der Waals surface area contributed by atoms with Gasteiger partial charge in [-0.1, -0.05) is 6.42 Å². The van der Waals surface area contributed by atoms with Crippen molar-refractivity contribution in [3.05, 3.63) is 12.3 Å². The maximum atomic E-state index is 5.57. The predicted octanol–water partition coefficient (Wildman–Crippen LogP) is 2.94. The molecule has 0 aromatic rings. The third-order valence-corrected chi connectivity index (χ3v) is 4.71. The van der Waals surface area contributed by atoms with Crippen LogP contribution < -0.4 is 5.32 Å². The van der Waals surface area contributed by atoms with Gasteiger partial charge in [0.15, 0.2) is 0 Å². The number of thioether (sulfide) groups is 1. The monoisotopic (exact) mass is 241 g/mol. The lowest BCUT2D eigenvalue weighted by atomic mass is 9.94. The predicted molar refractivity (Wildman–Crippen MR) is 70.8 cm³/mol. The SMILES string of the molecule is CSC1CCCC(NCC2CCC=CO2)C1. The Labute approximate surface area is 103 Å². The van der Waals surface area contributed by atoms with Crippen molar-refractivity contribution in [1.29, 1.82) is 0 Å². The molecular weight excluding hydrogens is 218 g/mol. The Morgan fingerprint density at radius 2 is 2.31 bits per heavy atom. The summed E-state index contributed by atoms with van der Waals surface area (Å²) in [7, 11) is 0. The van der Waals surface area contributed by atoms with Crippen LogP contribution in [0.4, 0.5) is 0 Å². The third-order valence-electron chi connectivity index (χ3n) is 3.62. The minimum Gasteiger partial charge on any atom is -0.497 e. The lowest BCUT2D eigenvalue weighted by molar-refractivity contribution is 0.117. The smallest absolute Gasteiger partial charge is 0.110 e. The topological polar surface area (TPSA) is 21.3 Å². The minimum absolute atomic E-state index is 0.402. The highest BCUT2D eigenvalue weighted by molar-refractivity contribution is 7.99. The van der Waals surface area contributed by atoms with E-state index in [1.807, 2.05) is 18.0 Å². The molecular formula is C13H23NOS. The normalized spacial score (nSPS) is 34.7. The molecule has 2 aliphatic rings. The van der Waals surface area contributed by atoms with Gasteiger partial charge in [0.2, 0.25) is 0 Å². The van der Waals surface area contributed by atoms with Crippen molar-refractivity contribution in [2.45, 2.75) is 55.9 Å². The van der Waals surface area contributed by atoms with Crippen LogP contribution in [0.25, 0.3) is 0 Å². The molecule has 0 aromatic carbocycles. The molecule has 1 N–H and O–H groups in total. The molecule has 0 bridgehead atoms. The first-order valence-electron chi connectivity index (χ1n) is 6.45. The first-order chi connectivity index (χ1) is 7.88. The standard InChI is InChI=1S/C13H23NOS/c1-16-13-7-4-5-11(9-13)14-10-12-6-2-3-8-15-12/h3,8,11-14H,2,4-7,9-10H2,1H3. The van der Waals surface area contributed by atoms with Crippen LogP contribution in [-0.4, -0.2) is 30.2 Å². The first-order valence-corrected chi connectivity index (χ1v) is 7.74. The van der Waals surface area contributed by atoms with Gasteiger partial charge < -0.3 is 10.1 Å². The maximum Gasteiger partial charge on any atom is 0.110 e. The molecule has 1 fully saturated rings. The Morgan fingerprint density at radius 1 is 1.38 bits per heavy atom. The zero-order chi connectivity index (χ0) is 11.2. The molecule has 1 aliphatic heterocycles. The van der Waals surface area contributed by atoms with Crippen LogP contribution in [-0.2, 0) is 4.74 Å². The van der Waals surface area contributed by atoms with E-state index in [4.69, 9.17) is 4.74 Å². The second-order valence-corrected chi connectivity index (χ2v) is 5.97. The van der Waals surface area contributed by atoms with Gasteiger partial charge in [0.25, 0.3) is 0 Å². The average Bonchev–Trinajstić information content (AvgIpc) is 2.38. The Kier molecular flexibility index (Phi) is 5.04. The number of allylic oxidation sites excluding steroid dienone is 1. The second-order valence-electron chi connectivity index (χ2n) is 4.84. The summed E-state index contributed by atoms with van der Waals surface area (Å²) in [5.41, 5.74) is 0. The summed E-state index contributed by atoms with van der Waals surface area (Å²) in [5.74, 6) is 0. The van der Waals surface area contributed by atoms with E-state index >= 15 is 0 Å². The van der Waals surface area contributed by atoms with Crippen LogP contribution >= 0.6 is 11.8 Å². The summed E-state index contributed by atoms with van der Waals surface area (Å²) >= 11 is 2.03. The Morgan fingerprint density at radius 3 is 3.06 bits per heavy atom. The van der Waals surface area contributed by atoms with E-state index in [-0.39, 0.29) is 0 Å². The van der Waals surface area contributed by atoms with E-state index in [9.17, 15) is 0 Å². The summed E-state index contributed by atoms with van der Waals surface area (Å²) in [6.07, 6.45) is 14.4. The van der Waals surface area contributed by atoms with Gasteiger partial charge in [0, 0.05) is 17.8 Å².